The molecule has 0 N–H and O–H groups in total. The van der Waals surface area contributed by atoms with Gasteiger partial charge in [-0.15, -0.1) is 0 Å². The summed E-state index contributed by atoms with van der Waals surface area (Å²) in [4.78, 5) is 5.07. The molecule has 1 saturated heterocycles. The van der Waals surface area contributed by atoms with Crippen molar-refractivity contribution in [2.45, 2.75) is 33.7 Å². The minimum absolute atomic E-state index is 0.762. The third kappa shape index (κ3) is 5.36. The van der Waals surface area contributed by atoms with Crippen LogP contribution in [0.2, 0.25) is 6.55 Å². The molecule has 0 aromatic rings. The molecular weight excluding hydrogens is 244 g/mol. The van der Waals surface area contributed by atoms with Crippen LogP contribution in [0.3, 0.4) is 0 Å². The zero-order chi connectivity index (χ0) is 13.4. The molecule has 0 unspecified atom stereocenters. The van der Waals surface area contributed by atoms with Crippen molar-refractivity contribution in [2.24, 2.45) is 0 Å². The summed E-state index contributed by atoms with van der Waals surface area (Å²) < 4.78 is 11.8. The molecule has 1 aliphatic heterocycles. The number of hydrogen-bond acceptors (Lipinski definition) is 4. The lowest BCUT2D eigenvalue weighted by atomic mass is 10.3. The molecular formula is C13H30N2O2Si. The van der Waals surface area contributed by atoms with Gasteiger partial charge >= 0.3 is 8.56 Å². The van der Waals surface area contributed by atoms with E-state index in [1.54, 1.807) is 0 Å². The van der Waals surface area contributed by atoms with E-state index >= 15 is 0 Å². The second-order valence-corrected chi connectivity index (χ2v) is 8.28. The zero-order valence-corrected chi connectivity index (χ0v) is 13.6. The summed E-state index contributed by atoms with van der Waals surface area (Å²) in [7, 11) is -1.97. The van der Waals surface area contributed by atoms with Crippen LogP contribution >= 0.6 is 0 Å². The van der Waals surface area contributed by atoms with Gasteiger partial charge in [0, 0.05) is 45.6 Å². The van der Waals surface area contributed by atoms with Crippen molar-refractivity contribution < 1.29 is 8.85 Å². The second-order valence-electron chi connectivity index (χ2n) is 5.12. The smallest absolute Gasteiger partial charge is 0.349 e. The fraction of sp³-hybridized carbons (Fsp3) is 1.00. The van der Waals surface area contributed by atoms with Crippen molar-refractivity contribution in [3.8, 4) is 0 Å². The van der Waals surface area contributed by atoms with Crippen LogP contribution in [-0.4, -0.2) is 70.5 Å². The molecule has 1 aliphatic rings. The fourth-order valence-electron chi connectivity index (χ4n) is 2.64. The summed E-state index contributed by atoms with van der Waals surface area (Å²) in [6.07, 6.45) is 2.26. The van der Waals surface area contributed by atoms with Gasteiger partial charge < -0.3 is 13.8 Å². The Balaban J connectivity index is 2.37. The lowest BCUT2D eigenvalue weighted by molar-refractivity contribution is 0.119. The van der Waals surface area contributed by atoms with E-state index < -0.39 is 8.56 Å². The summed E-state index contributed by atoms with van der Waals surface area (Å²) in [6, 6.07) is 0. The van der Waals surface area contributed by atoms with Gasteiger partial charge in [0.1, 0.15) is 0 Å². The largest absolute Gasteiger partial charge is 0.394 e. The summed E-state index contributed by atoms with van der Waals surface area (Å²) >= 11 is 0. The highest BCUT2D eigenvalue weighted by atomic mass is 28.4. The Labute approximate surface area is 113 Å². The maximum Gasteiger partial charge on any atom is 0.349 e. The zero-order valence-electron chi connectivity index (χ0n) is 12.6. The van der Waals surface area contributed by atoms with Crippen LogP contribution in [0.5, 0.6) is 0 Å². The topological polar surface area (TPSA) is 24.9 Å². The molecule has 1 fully saturated rings. The predicted octanol–water partition coefficient (Wildman–Crippen LogP) is 1.70. The molecule has 1 heterocycles. The quantitative estimate of drug-likeness (QED) is 0.629. The van der Waals surface area contributed by atoms with Crippen LogP contribution in [0, 0.1) is 0 Å². The van der Waals surface area contributed by atoms with E-state index in [4.69, 9.17) is 8.85 Å². The molecule has 0 bridgehead atoms. The first kappa shape index (κ1) is 16.1. The van der Waals surface area contributed by atoms with Gasteiger partial charge in [-0.2, -0.15) is 0 Å². The first-order valence-electron chi connectivity index (χ1n) is 7.36. The van der Waals surface area contributed by atoms with E-state index in [2.05, 4.69) is 37.1 Å². The van der Waals surface area contributed by atoms with E-state index in [1.807, 2.05) is 0 Å². The van der Waals surface area contributed by atoms with Gasteiger partial charge in [-0.25, -0.2) is 0 Å². The van der Waals surface area contributed by atoms with Gasteiger partial charge in [0.05, 0.1) is 0 Å². The average Bonchev–Trinajstić information content (AvgIpc) is 2.32. The first-order valence-corrected chi connectivity index (χ1v) is 9.88. The van der Waals surface area contributed by atoms with Gasteiger partial charge in [-0.1, -0.05) is 6.92 Å². The van der Waals surface area contributed by atoms with Crippen LogP contribution in [0.15, 0.2) is 0 Å². The Bertz CT molecular complexity index is 215. The Morgan fingerprint density at radius 3 is 1.83 bits per heavy atom. The molecule has 18 heavy (non-hydrogen) atoms. The number of nitrogens with zero attached hydrogens (tertiary/aromatic N) is 2. The molecule has 0 spiro atoms. The summed E-state index contributed by atoms with van der Waals surface area (Å²) in [5.41, 5.74) is 0. The van der Waals surface area contributed by atoms with Crippen LogP contribution < -0.4 is 0 Å². The number of hydrogen-bond donors (Lipinski definition) is 0. The van der Waals surface area contributed by atoms with E-state index in [-0.39, 0.29) is 0 Å². The molecule has 108 valence electrons. The standard InChI is InChI=1S/C13H30N2O2Si/c1-5-8-14-9-11-15(12-10-14)13-18(4,16-6-2)17-7-3/h5-13H2,1-4H3. The molecule has 5 heteroatoms. The molecule has 1 rings (SSSR count). The van der Waals surface area contributed by atoms with Crippen LogP contribution in [0.1, 0.15) is 27.2 Å². The molecule has 0 aliphatic carbocycles. The van der Waals surface area contributed by atoms with E-state index in [0.29, 0.717) is 0 Å². The highest BCUT2D eigenvalue weighted by Crippen LogP contribution is 2.12. The lowest BCUT2D eigenvalue weighted by Crippen LogP contribution is -2.55. The maximum atomic E-state index is 5.91. The van der Waals surface area contributed by atoms with Crippen LogP contribution in [-0.2, 0) is 8.85 Å². The third-order valence-corrected chi connectivity index (χ3v) is 6.24. The average molecular weight is 274 g/mol. The van der Waals surface area contributed by atoms with Gasteiger partial charge in [0.2, 0.25) is 0 Å². The van der Waals surface area contributed by atoms with E-state index in [0.717, 1.165) is 32.5 Å². The Morgan fingerprint density at radius 2 is 1.39 bits per heavy atom. The van der Waals surface area contributed by atoms with Gasteiger partial charge in [-0.05, 0) is 33.4 Å². The Morgan fingerprint density at radius 1 is 0.889 bits per heavy atom. The second kappa shape index (κ2) is 8.27. The normalized spacial score (nSPS) is 19.3. The van der Waals surface area contributed by atoms with Gasteiger partial charge in [0.15, 0.2) is 0 Å². The first-order chi connectivity index (χ1) is 8.63. The number of rotatable bonds is 8. The van der Waals surface area contributed by atoms with Crippen molar-refractivity contribution in [3.05, 3.63) is 0 Å². The fourth-order valence-corrected chi connectivity index (χ4v) is 5.25. The molecule has 0 atom stereocenters. The highest BCUT2D eigenvalue weighted by molar-refractivity contribution is 6.66. The molecule has 0 saturated carbocycles. The third-order valence-electron chi connectivity index (χ3n) is 3.41. The predicted molar refractivity (Wildman–Crippen MR) is 78.0 cm³/mol. The van der Waals surface area contributed by atoms with Crippen molar-refractivity contribution in [1.29, 1.82) is 0 Å². The number of piperazine rings is 1. The van der Waals surface area contributed by atoms with E-state index in [1.165, 1.54) is 26.1 Å². The van der Waals surface area contributed by atoms with Crippen molar-refractivity contribution in [2.75, 3.05) is 52.1 Å². The monoisotopic (exact) mass is 274 g/mol. The van der Waals surface area contributed by atoms with E-state index in [9.17, 15) is 0 Å². The van der Waals surface area contributed by atoms with Gasteiger partial charge in [-0.3, -0.25) is 4.90 Å². The van der Waals surface area contributed by atoms with Crippen molar-refractivity contribution >= 4 is 8.56 Å². The van der Waals surface area contributed by atoms with Crippen molar-refractivity contribution in [1.82, 2.24) is 9.80 Å². The Kier molecular flexibility index (Phi) is 7.40. The molecule has 0 aromatic heterocycles. The van der Waals surface area contributed by atoms with Gasteiger partial charge in [0.25, 0.3) is 0 Å². The molecule has 4 nitrogen and oxygen atoms in total. The van der Waals surface area contributed by atoms with Crippen molar-refractivity contribution in [3.63, 3.8) is 0 Å². The minimum Gasteiger partial charge on any atom is -0.394 e. The Hall–Kier alpha value is 0.0569. The summed E-state index contributed by atoms with van der Waals surface area (Å²) in [5, 5.41) is 0. The SMILES string of the molecule is CCCN1CCN(C[Si](C)(OCC)OCC)CC1. The molecule has 0 aromatic carbocycles. The highest BCUT2D eigenvalue weighted by Gasteiger charge is 2.34. The minimum atomic E-state index is -1.97. The lowest BCUT2D eigenvalue weighted by Gasteiger charge is -2.38. The summed E-state index contributed by atoms with van der Waals surface area (Å²) in [5.74, 6) is 0. The van der Waals surface area contributed by atoms with Crippen LogP contribution in [0.4, 0.5) is 0 Å². The summed E-state index contributed by atoms with van der Waals surface area (Å²) in [6.45, 7) is 16.0. The maximum absolute atomic E-state index is 5.91. The molecule has 0 amide bonds. The molecule has 0 radical (unpaired) electrons. The van der Waals surface area contributed by atoms with Crippen LogP contribution in [0.25, 0.3) is 0 Å².